The molecule has 0 aliphatic heterocycles. The van der Waals surface area contributed by atoms with E-state index >= 15 is 0 Å². The van der Waals surface area contributed by atoms with Crippen LogP contribution in [0.2, 0.25) is 5.02 Å². The van der Waals surface area contributed by atoms with Crippen molar-refractivity contribution in [3.8, 4) is 0 Å². The van der Waals surface area contributed by atoms with Crippen molar-refractivity contribution < 1.29 is 8.42 Å². The summed E-state index contributed by atoms with van der Waals surface area (Å²) in [6.07, 6.45) is 0. The first-order valence-corrected chi connectivity index (χ1v) is 6.93. The molecule has 0 saturated carbocycles. The Balaban J connectivity index is 2.58. The summed E-state index contributed by atoms with van der Waals surface area (Å²) in [6, 6.07) is 10.3. The highest BCUT2D eigenvalue weighted by Crippen LogP contribution is 2.27. The number of nitrogen functional groups attached to an aromatic ring is 2. The zero-order valence-electron chi connectivity index (χ0n) is 9.30. The maximum absolute atomic E-state index is 12.3. The number of sulfone groups is 1. The number of benzene rings is 2. The molecule has 0 fully saturated rings. The molecular weight excluding hydrogens is 272 g/mol. The third-order valence-corrected chi connectivity index (χ3v) is 4.53. The van der Waals surface area contributed by atoms with Gasteiger partial charge >= 0.3 is 0 Å². The number of anilines is 2. The van der Waals surface area contributed by atoms with Crippen LogP contribution in [-0.4, -0.2) is 8.42 Å². The zero-order valence-corrected chi connectivity index (χ0v) is 10.9. The van der Waals surface area contributed by atoms with E-state index in [1.807, 2.05) is 0 Å². The van der Waals surface area contributed by atoms with Crippen molar-refractivity contribution in [3.05, 3.63) is 47.5 Å². The van der Waals surface area contributed by atoms with Crippen LogP contribution in [0.3, 0.4) is 0 Å². The normalized spacial score (nSPS) is 11.4. The van der Waals surface area contributed by atoms with Gasteiger partial charge in [0.2, 0.25) is 9.84 Å². The molecule has 0 spiro atoms. The fraction of sp³-hybridized carbons (Fsp3) is 0. The maximum Gasteiger partial charge on any atom is 0.206 e. The highest BCUT2D eigenvalue weighted by Gasteiger charge is 2.18. The Kier molecular flexibility index (Phi) is 3.19. The molecule has 4 nitrogen and oxygen atoms in total. The van der Waals surface area contributed by atoms with E-state index in [0.29, 0.717) is 11.4 Å². The van der Waals surface area contributed by atoms with Crippen LogP contribution in [0, 0.1) is 0 Å². The van der Waals surface area contributed by atoms with Crippen molar-refractivity contribution in [2.45, 2.75) is 9.79 Å². The molecule has 0 aliphatic rings. The van der Waals surface area contributed by atoms with Gasteiger partial charge in [-0.2, -0.15) is 0 Å². The topological polar surface area (TPSA) is 86.2 Å². The van der Waals surface area contributed by atoms with Crippen LogP contribution in [-0.2, 0) is 9.84 Å². The van der Waals surface area contributed by atoms with Gasteiger partial charge in [0, 0.05) is 5.69 Å². The van der Waals surface area contributed by atoms with Crippen LogP contribution in [0.15, 0.2) is 52.3 Å². The van der Waals surface area contributed by atoms with Crippen molar-refractivity contribution in [1.29, 1.82) is 0 Å². The number of rotatable bonds is 2. The minimum atomic E-state index is -3.62. The predicted octanol–water partition coefficient (Wildman–Crippen LogP) is 2.34. The number of hydrogen-bond acceptors (Lipinski definition) is 4. The van der Waals surface area contributed by atoms with E-state index in [1.165, 1.54) is 30.3 Å². The van der Waals surface area contributed by atoms with Crippen LogP contribution in [0.4, 0.5) is 11.4 Å². The summed E-state index contributed by atoms with van der Waals surface area (Å²) in [5.41, 5.74) is 11.8. The molecule has 6 heteroatoms. The fourth-order valence-electron chi connectivity index (χ4n) is 1.49. The summed E-state index contributed by atoms with van der Waals surface area (Å²) in [7, 11) is -3.62. The second-order valence-electron chi connectivity index (χ2n) is 3.76. The SMILES string of the molecule is Nc1cccc(S(=O)(=O)c2ccc(N)c(Cl)c2)c1. The summed E-state index contributed by atoms with van der Waals surface area (Å²) in [5.74, 6) is 0. The zero-order chi connectivity index (χ0) is 13.3. The lowest BCUT2D eigenvalue weighted by atomic mass is 10.3. The molecular formula is C12H11ClN2O2S. The quantitative estimate of drug-likeness (QED) is 0.828. The summed E-state index contributed by atoms with van der Waals surface area (Å²) >= 11 is 5.82. The van der Waals surface area contributed by atoms with Gasteiger partial charge < -0.3 is 11.5 Å². The second-order valence-corrected chi connectivity index (χ2v) is 6.12. The van der Waals surface area contributed by atoms with Crippen LogP contribution >= 0.6 is 11.6 Å². The van der Waals surface area contributed by atoms with Gasteiger partial charge in [-0.25, -0.2) is 8.42 Å². The summed E-state index contributed by atoms with van der Waals surface area (Å²) in [5, 5.41) is 0.208. The Labute approximate surface area is 110 Å². The Morgan fingerprint density at radius 2 is 1.61 bits per heavy atom. The van der Waals surface area contributed by atoms with Gasteiger partial charge in [0.25, 0.3) is 0 Å². The van der Waals surface area contributed by atoms with Gasteiger partial charge in [-0.15, -0.1) is 0 Å². The molecule has 0 aliphatic carbocycles. The lowest BCUT2D eigenvalue weighted by molar-refractivity contribution is 0.596. The Morgan fingerprint density at radius 1 is 0.944 bits per heavy atom. The molecule has 0 bridgehead atoms. The van der Waals surface area contributed by atoms with Gasteiger partial charge in [0.1, 0.15) is 0 Å². The molecule has 18 heavy (non-hydrogen) atoms. The van der Waals surface area contributed by atoms with E-state index < -0.39 is 9.84 Å². The van der Waals surface area contributed by atoms with Gasteiger partial charge in [-0.05, 0) is 36.4 Å². The lowest BCUT2D eigenvalue weighted by Crippen LogP contribution is -2.03. The number of hydrogen-bond donors (Lipinski definition) is 2. The monoisotopic (exact) mass is 282 g/mol. The van der Waals surface area contributed by atoms with Crippen molar-refractivity contribution in [2.24, 2.45) is 0 Å². The molecule has 0 aromatic heterocycles. The highest BCUT2D eigenvalue weighted by atomic mass is 35.5. The van der Waals surface area contributed by atoms with Crippen molar-refractivity contribution in [3.63, 3.8) is 0 Å². The van der Waals surface area contributed by atoms with E-state index in [9.17, 15) is 8.42 Å². The second kappa shape index (κ2) is 4.51. The van der Waals surface area contributed by atoms with Crippen molar-refractivity contribution in [2.75, 3.05) is 11.5 Å². The number of halogens is 1. The van der Waals surface area contributed by atoms with Crippen LogP contribution in [0.5, 0.6) is 0 Å². The smallest absolute Gasteiger partial charge is 0.206 e. The molecule has 2 rings (SSSR count). The fourth-order valence-corrected chi connectivity index (χ4v) is 3.08. The Bertz CT molecular complexity index is 699. The van der Waals surface area contributed by atoms with E-state index in [1.54, 1.807) is 12.1 Å². The molecule has 0 heterocycles. The third-order valence-electron chi connectivity index (χ3n) is 2.45. The molecule has 2 aromatic carbocycles. The van der Waals surface area contributed by atoms with Crippen LogP contribution < -0.4 is 11.5 Å². The third kappa shape index (κ3) is 2.27. The van der Waals surface area contributed by atoms with Gasteiger partial charge in [0.05, 0.1) is 20.5 Å². The largest absolute Gasteiger partial charge is 0.399 e. The summed E-state index contributed by atoms with van der Waals surface area (Å²) in [4.78, 5) is 0.218. The van der Waals surface area contributed by atoms with E-state index in [-0.39, 0.29) is 14.8 Å². The first-order chi connectivity index (χ1) is 8.41. The minimum absolute atomic E-state index is 0.0901. The van der Waals surface area contributed by atoms with Gasteiger partial charge in [-0.1, -0.05) is 17.7 Å². The van der Waals surface area contributed by atoms with Crippen LogP contribution in [0.25, 0.3) is 0 Å². The van der Waals surface area contributed by atoms with Crippen LogP contribution in [0.1, 0.15) is 0 Å². The van der Waals surface area contributed by atoms with Gasteiger partial charge in [0.15, 0.2) is 0 Å². The molecule has 2 aromatic rings. The first-order valence-electron chi connectivity index (χ1n) is 5.07. The standard InChI is InChI=1S/C12H11ClN2O2S/c13-11-7-10(4-5-12(11)15)18(16,17)9-3-1-2-8(14)6-9/h1-7H,14-15H2. The first kappa shape index (κ1) is 12.7. The Morgan fingerprint density at radius 3 is 2.22 bits per heavy atom. The van der Waals surface area contributed by atoms with E-state index in [4.69, 9.17) is 23.1 Å². The molecule has 94 valence electrons. The Hall–Kier alpha value is -1.72. The molecule has 0 saturated heterocycles. The average Bonchev–Trinajstić information content (AvgIpc) is 2.32. The number of nitrogens with two attached hydrogens (primary N) is 2. The molecule has 4 N–H and O–H groups in total. The average molecular weight is 283 g/mol. The predicted molar refractivity (Wildman–Crippen MR) is 72.2 cm³/mol. The molecule has 0 unspecified atom stereocenters. The molecule has 0 amide bonds. The summed E-state index contributed by atoms with van der Waals surface area (Å²) in [6.45, 7) is 0. The maximum atomic E-state index is 12.3. The molecule has 0 radical (unpaired) electrons. The lowest BCUT2D eigenvalue weighted by Gasteiger charge is -2.06. The minimum Gasteiger partial charge on any atom is -0.399 e. The summed E-state index contributed by atoms with van der Waals surface area (Å²) < 4.78 is 24.6. The van der Waals surface area contributed by atoms with Gasteiger partial charge in [-0.3, -0.25) is 0 Å². The van der Waals surface area contributed by atoms with Crippen molar-refractivity contribution in [1.82, 2.24) is 0 Å². The molecule has 0 atom stereocenters. The highest BCUT2D eigenvalue weighted by molar-refractivity contribution is 7.91. The van der Waals surface area contributed by atoms with E-state index in [2.05, 4.69) is 0 Å². The van der Waals surface area contributed by atoms with E-state index in [0.717, 1.165) is 0 Å². The van der Waals surface area contributed by atoms with Crippen molar-refractivity contribution >= 4 is 32.8 Å².